The molecule has 23 heavy (non-hydrogen) atoms. The second-order valence-electron chi connectivity index (χ2n) is 6.09. The summed E-state index contributed by atoms with van der Waals surface area (Å²) in [7, 11) is -2.98. The summed E-state index contributed by atoms with van der Waals surface area (Å²) >= 11 is 0. The third-order valence-corrected chi connectivity index (χ3v) is 5.94. The molecule has 0 saturated heterocycles. The number of para-hydroxylation sites is 1. The van der Waals surface area contributed by atoms with E-state index in [2.05, 4.69) is 10.3 Å². The number of carbonyl (C=O) groups excluding carboxylic acids is 1. The predicted octanol–water partition coefficient (Wildman–Crippen LogP) is 1.08. The molecule has 1 amide bonds. The Hall–Kier alpha value is -2.15. The van der Waals surface area contributed by atoms with E-state index in [0.29, 0.717) is 35.9 Å². The molecule has 0 unspecified atom stereocenters. The summed E-state index contributed by atoms with van der Waals surface area (Å²) in [5.74, 6) is -0.137. The van der Waals surface area contributed by atoms with E-state index in [4.69, 9.17) is 0 Å². The van der Waals surface area contributed by atoms with Crippen molar-refractivity contribution in [3.8, 4) is 0 Å². The second-order valence-corrected chi connectivity index (χ2v) is 8.42. The lowest BCUT2D eigenvalue weighted by atomic mass is 9.84. The molecule has 1 saturated carbocycles. The third kappa shape index (κ3) is 3.29. The lowest BCUT2D eigenvalue weighted by Gasteiger charge is -2.33. The summed E-state index contributed by atoms with van der Waals surface area (Å²) in [6, 6.07) is 8.41. The van der Waals surface area contributed by atoms with Crippen LogP contribution < -0.4 is 10.9 Å². The van der Waals surface area contributed by atoms with E-state index in [1.807, 2.05) is 0 Å². The number of aromatic amines is 1. The van der Waals surface area contributed by atoms with Gasteiger partial charge in [-0.15, -0.1) is 0 Å². The minimum atomic E-state index is -2.98. The van der Waals surface area contributed by atoms with Crippen LogP contribution in [-0.4, -0.2) is 37.4 Å². The summed E-state index contributed by atoms with van der Waals surface area (Å²) in [6.07, 6.45) is 2.40. The van der Waals surface area contributed by atoms with Gasteiger partial charge in [0.2, 0.25) is 5.56 Å². The molecule has 6 nitrogen and oxygen atoms in total. The molecule has 7 heteroatoms. The molecule has 2 aromatic rings. The summed E-state index contributed by atoms with van der Waals surface area (Å²) in [4.78, 5) is 26.7. The first-order chi connectivity index (χ1) is 10.8. The Kier molecular flexibility index (Phi) is 3.97. The zero-order chi connectivity index (χ0) is 16.6. The zero-order valence-electron chi connectivity index (χ0n) is 12.7. The molecule has 1 heterocycles. The maximum Gasteiger partial charge on any atom is 0.252 e. The molecule has 122 valence electrons. The van der Waals surface area contributed by atoms with Crippen LogP contribution in [0.5, 0.6) is 0 Å². The van der Waals surface area contributed by atoms with Crippen molar-refractivity contribution < 1.29 is 13.2 Å². The molecule has 1 aromatic carbocycles. The molecule has 0 radical (unpaired) electrons. The van der Waals surface area contributed by atoms with Gasteiger partial charge in [-0.3, -0.25) is 9.59 Å². The molecule has 2 N–H and O–H groups in total. The van der Waals surface area contributed by atoms with Gasteiger partial charge in [0.1, 0.15) is 9.84 Å². The number of fused-ring (bicyclic) bond motifs is 1. The molecular formula is C16H18N2O4S. The minimum absolute atomic E-state index is 0.173. The molecule has 0 atom stereocenters. The Morgan fingerprint density at radius 3 is 2.70 bits per heavy atom. The maximum atomic E-state index is 12.4. The van der Waals surface area contributed by atoms with E-state index in [-0.39, 0.29) is 22.6 Å². The van der Waals surface area contributed by atoms with Crippen molar-refractivity contribution in [1.82, 2.24) is 10.3 Å². The van der Waals surface area contributed by atoms with Crippen LogP contribution in [0.1, 0.15) is 23.2 Å². The average molecular weight is 334 g/mol. The van der Waals surface area contributed by atoms with Crippen LogP contribution >= 0.6 is 0 Å². The largest absolute Gasteiger partial charge is 0.352 e. The number of aromatic nitrogens is 1. The molecule has 1 fully saturated rings. The van der Waals surface area contributed by atoms with Gasteiger partial charge in [0.15, 0.2) is 0 Å². The minimum Gasteiger partial charge on any atom is -0.352 e. The van der Waals surface area contributed by atoms with E-state index in [1.54, 1.807) is 24.3 Å². The Labute approximate surface area is 133 Å². The van der Waals surface area contributed by atoms with Crippen LogP contribution in [0.4, 0.5) is 0 Å². The Balaban J connectivity index is 1.69. The summed E-state index contributed by atoms with van der Waals surface area (Å²) in [5.41, 5.74) is 0.629. The van der Waals surface area contributed by atoms with Crippen LogP contribution in [0.2, 0.25) is 0 Å². The van der Waals surface area contributed by atoms with Crippen molar-refractivity contribution in [2.45, 2.75) is 18.1 Å². The highest BCUT2D eigenvalue weighted by atomic mass is 32.2. The highest BCUT2D eigenvalue weighted by Crippen LogP contribution is 2.32. The first kappa shape index (κ1) is 15.7. The first-order valence-corrected chi connectivity index (χ1v) is 9.39. The number of sulfone groups is 1. The van der Waals surface area contributed by atoms with Gasteiger partial charge in [-0.1, -0.05) is 18.2 Å². The number of carbonyl (C=O) groups is 1. The number of pyridine rings is 1. The fraction of sp³-hybridized carbons (Fsp3) is 0.375. The molecule has 0 aliphatic heterocycles. The van der Waals surface area contributed by atoms with Crippen molar-refractivity contribution in [3.63, 3.8) is 0 Å². The second kappa shape index (κ2) is 5.81. The van der Waals surface area contributed by atoms with E-state index in [1.165, 1.54) is 12.3 Å². The Morgan fingerprint density at radius 1 is 1.30 bits per heavy atom. The van der Waals surface area contributed by atoms with E-state index in [0.717, 1.165) is 0 Å². The third-order valence-electron chi connectivity index (χ3n) is 4.34. The fourth-order valence-corrected chi connectivity index (χ4v) is 4.16. The number of benzene rings is 1. The van der Waals surface area contributed by atoms with E-state index < -0.39 is 9.84 Å². The van der Waals surface area contributed by atoms with Gasteiger partial charge in [0.05, 0.1) is 10.8 Å². The molecule has 0 bridgehead atoms. The number of hydrogen-bond donors (Lipinski definition) is 2. The Bertz CT molecular complexity index is 911. The molecule has 1 aliphatic carbocycles. The van der Waals surface area contributed by atoms with Crippen LogP contribution in [0, 0.1) is 5.92 Å². The van der Waals surface area contributed by atoms with Crippen molar-refractivity contribution in [3.05, 3.63) is 46.2 Å². The molecule has 1 aromatic heterocycles. The number of nitrogens with one attached hydrogen (secondary N) is 2. The standard InChI is InChI=1S/C16H18N2O4S/c1-23(21,22)11-6-10(7-11)9-17-16(20)13-8-15(19)18-14-5-3-2-4-12(13)14/h2-5,8,10-11H,6-7,9H2,1H3,(H,17,20)(H,18,19). The topological polar surface area (TPSA) is 96.1 Å². The average Bonchev–Trinajstić information content (AvgIpc) is 2.43. The van der Waals surface area contributed by atoms with Crippen LogP contribution in [-0.2, 0) is 9.84 Å². The van der Waals surface area contributed by atoms with Crippen molar-refractivity contribution in [2.75, 3.05) is 12.8 Å². The van der Waals surface area contributed by atoms with Crippen LogP contribution in [0.25, 0.3) is 10.9 Å². The van der Waals surface area contributed by atoms with Crippen molar-refractivity contribution >= 4 is 26.6 Å². The van der Waals surface area contributed by atoms with Gasteiger partial charge in [0, 0.05) is 29.8 Å². The monoisotopic (exact) mass is 334 g/mol. The number of hydrogen-bond acceptors (Lipinski definition) is 4. The van der Waals surface area contributed by atoms with Gasteiger partial charge in [-0.2, -0.15) is 0 Å². The fourth-order valence-electron chi connectivity index (χ4n) is 2.92. The van der Waals surface area contributed by atoms with Gasteiger partial charge >= 0.3 is 0 Å². The summed E-state index contributed by atoms with van der Waals surface area (Å²) < 4.78 is 22.8. The predicted molar refractivity (Wildman–Crippen MR) is 88.3 cm³/mol. The zero-order valence-corrected chi connectivity index (χ0v) is 13.5. The van der Waals surface area contributed by atoms with Gasteiger partial charge in [0.25, 0.3) is 5.91 Å². The normalized spacial score (nSPS) is 20.9. The van der Waals surface area contributed by atoms with Gasteiger partial charge in [-0.05, 0) is 24.8 Å². The number of H-pyrrole nitrogens is 1. The molecular weight excluding hydrogens is 316 g/mol. The summed E-state index contributed by atoms with van der Waals surface area (Å²) in [6.45, 7) is 0.423. The highest BCUT2D eigenvalue weighted by Gasteiger charge is 2.36. The van der Waals surface area contributed by atoms with Gasteiger partial charge < -0.3 is 10.3 Å². The van der Waals surface area contributed by atoms with Crippen molar-refractivity contribution in [2.24, 2.45) is 5.92 Å². The lowest BCUT2D eigenvalue weighted by Crippen LogP contribution is -2.42. The first-order valence-electron chi connectivity index (χ1n) is 7.44. The quantitative estimate of drug-likeness (QED) is 0.874. The van der Waals surface area contributed by atoms with E-state index in [9.17, 15) is 18.0 Å². The van der Waals surface area contributed by atoms with Gasteiger partial charge in [-0.25, -0.2) is 8.42 Å². The smallest absolute Gasteiger partial charge is 0.252 e. The molecule has 1 aliphatic rings. The number of rotatable bonds is 4. The number of amides is 1. The molecule has 0 spiro atoms. The van der Waals surface area contributed by atoms with Crippen molar-refractivity contribution in [1.29, 1.82) is 0 Å². The van der Waals surface area contributed by atoms with Crippen LogP contribution in [0.15, 0.2) is 35.1 Å². The summed E-state index contributed by atoms with van der Waals surface area (Å²) in [5, 5.41) is 3.21. The SMILES string of the molecule is CS(=O)(=O)C1CC(CNC(=O)c2cc(=O)[nH]c3ccccc23)C1. The maximum absolute atomic E-state index is 12.4. The molecule has 3 rings (SSSR count). The van der Waals surface area contributed by atoms with Crippen LogP contribution in [0.3, 0.4) is 0 Å². The Morgan fingerprint density at radius 2 is 2.00 bits per heavy atom. The van der Waals surface area contributed by atoms with E-state index >= 15 is 0 Å². The highest BCUT2D eigenvalue weighted by molar-refractivity contribution is 7.91. The lowest BCUT2D eigenvalue weighted by molar-refractivity contribution is 0.0941.